The summed E-state index contributed by atoms with van der Waals surface area (Å²) in [6.07, 6.45) is 1.21. The lowest BCUT2D eigenvalue weighted by Crippen LogP contribution is -2.42. The molecule has 0 radical (unpaired) electrons. The van der Waals surface area contributed by atoms with Gasteiger partial charge in [-0.15, -0.1) is 0 Å². The van der Waals surface area contributed by atoms with Crippen molar-refractivity contribution in [1.82, 2.24) is 15.2 Å². The molecule has 29 heavy (non-hydrogen) atoms. The van der Waals surface area contributed by atoms with Crippen molar-refractivity contribution in [3.05, 3.63) is 53.7 Å². The number of nitrogens with zero attached hydrogens (tertiary/aromatic N) is 2. The third-order valence-electron chi connectivity index (χ3n) is 5.45. The van der Waals surface area contributed by atoms with Gasteiger partial charge < -0.3 is 10.2 Å². The second-order valence-corrected chi connectivity index (χ2v) is 7.61. The summed E-state index contributed by atoms with van der Waals surface area (Å²) in [7, 11) is 0. The second kappa shape index (κ2) is 7.06. The predicted octanol–water partition coefficient (Wildman–Crippen LogP) is 3.68. The minimum absolute atomic E-state index is 0.324. The summed E-state index contributed by atoms with van der Waals surface area (Å²) in [5, 5.41) is 5.28. The van der Waals surface area contributed by atoms with E-state index in [-0.39, 0.29) is 13.0 Å². The number of likely N-dealkylation sites (tertiary alicyclic amines) is 1. The molecule has 1 aromatic heterocycles. The summed E-state index contributed by atoms with van der Waals surface area (Å²) in [5.74, 6) is -3.82. The highest BCUT2D eigenvalue weighted by atomic mass is 19.3. The maximum atomic E-state index is 13.5. The van der Waals surface area contributed by atoms with Gasteiger partial charge in [0.25, 0.3) is 11.8 Å². The molecule has 150 valence electrons. The number of hydrogen-bond acceptors (Lipinski definition) is 3. The van der Waals surface area contributed by atoms with Gasteiger partial charge in [0.05, 0.1) is 24.2 Å². The molecule has 7 heteroatoms. The van der Waals surface area contributed by atoms with Crippen LogP contribution in [0.5, 0.6) is 0 Å². The Kier molecular flexibility index (Phi) is 4.68. The maximum Gasteiger partial charge on any atom is 0.267 e. The molecule has 2 aromatic carbocycles. The van der Waals surface area contributed by atoms with E-state index in [0.29, 0.717) is 16.5 Å². The number of rotatable bonds is 3. The normalized spacial score (nSPS) is 18.3. The van der Waals surface area contributed by atoms with Crippen LogP contribution in [0.2, 0.25) is 0 Å². The SMILES string of the molecule is Cc1cc2c(C(=O)NCC(=O)N3CC(F)(F)CC3C)ccnc2c2ccccc12. The van der Waals surface area contributed by atoms with Crippen molar-refractivity contribution in [2.24, 2.45) is 0 Å². The van der Waals surface area contributed by atoms with Crippen LogP contribution < -0.4 is 5.32 Å². The highest BCUT2D eigenvalue weighted by molar-refractivity contribution is 6.14. The van der Waals surface area contributed by atoms with Crippen molar-refractivity contribution in [1.29, 1.82) is 0 Å². The summed E-state index contributed by atoms with van der Waals surface area (Å²) in [5.41, 5.74) is 2.12. The van der Waals surface area contributed by atoms with Crippen molar-refractivity contribution in [2.75, 3.05) is 13.1 Å². The zero-order valence-corrected chi connectivity index (χ0v) is 16.2. The molecule has 5 nitrogen and oxygen atoms in total. The van der Waals surface area contributed by atoms with E-state index in [1.165, 1.54) is 0 Å². The van der Waals surface area contributed by atoms with E-state index in [1.54, 1.807) is 19.2 Å². The molecule has 1 unspecified atom stereocenters. The molecular formula is C22H21F2N3O2. The maximum absolute atomic E-state index is 13.5. The molecular weight excluding hydrogens is 376 g/mol. The van der Waals surface area contributed by atoms with Crippen LogP contribution in [0.4, 0.5) is 8.78 Å². The smallest absolute Gasteiger partial charge is 0.267 e. The molecule has 0 aliphatic carbocycles. The monoisotopic (exact) mass is 397 g/mol. The van der Waals surface area contributed by atoms with Gasteiger partial charge in [-0.05, 0) is 36.9 Å². The highest BCUT2D eigenvalue weighted by Crippen LogP contribution is 2.32. The van der Waals surface area contributed by atoms with Crippen LogP contribution in [0.25, 0.3) is 21.7 Å². The van der Waals surface area contributed by atoms with E-state index < -0.39 is 30.3 Å². The fourth-order valence-electron chi connectivity index (χ4n) is 4.06. The van der Waals surface area contributed by atoms with E-state index in [4.69, 9.17) is 0 Å². The Bertz CT molecular complexity index is 1130. The van der Waals surface area contributed by atoms with Crippen molar-refractivity contribution < 1.29 is 18.4 Å². The van der Waals surface area contributed by atoms with Crippen LogP contribution in [0.1, 0.15) is 29.3 Å². The van der Waals surface area contributed by atoms with Crippen LogP contribution in [0.3, 0.4) is 0 Å². The molecule has 1 atom stereocenters. The van der Waals surface area contributed by atoms with E-state index >= 15 is 0 Å². The van der Waals surface area contributed by atoms with Gasteiger partial charge >= 0.3 is 0 Å². The molecule has 0 saturated carbocycles. The van der Waals surface area contributed by atoms with Gasteiger partial charge in [-0.3, -0.25) is 14.6 Å². The van der Waals surface area contributed by atoms with E-state index in [2.05, 4.69) is 10.3 Å². The molecule has 1 aliphatic rings. The third-order valence-corrected chi connectivity index (χ3v) is 5.45. The number of carbonyl (C=O) groups is 2. The number of hydrogen-bond donors (Lipinski definition) is 1. The minimum atomic E-state index is -2.88. The number of carbonyl (C=O) groups excluding carboxylic acids is 2. The topological polar surface area (TPSA) is 62.3 Å². The Labute approximate surface area is 166 Å². The molecule has 1 aliphatic heterocycles. The average Bonchev–Trinajstić information content (AvgIpc) is 2.98. The molecule has 3 aromatic rings. The van der Waals surface area contributed by atoms with Gasteiger partial charge in [-0.1, -0.05) is 24.3 Å². The van der Waals surface area contributed by atoms with Gasteiger partial charge in [-0.2, -0.15) is 0 Å². The van der Waals surface area contributed by atoms with Crippen LogP contribution in [0.15, 0.2) is 42.6 Å². The predicted molar refractivity (Wildman–Crippen MR) is 107 cm³/mol. The third kappa shape index (κ3) is 3.52. The molecule has 2 heterocycles. The molecule has 1 N–H and O–H groups in total. The number of benzene rings is 2. The fraction of sp³-hybridized carbons (Fsp3) is 0.318. The zero-order chi connectivity index (χ0) is 20.8. The number of fused-ring (bicyclic) bond motifs is 3. The Morgan fingerprint density at radius 3 is 2.62 bits per heavy atom. The van der Waals surface area contributed by atoms with Gasteiger partial charge in [0.1, 0.15) is 0 Å². The van der Waals surface area contributed by atoms with Crippen LogP contribution in [-0.4, -0.2) is 46.8 Å². The van der Waals surface area contributed by atoms with E-state index in [9.17, 15) is 18.4 Å². The Morgan fingerprint density at radius 2 is 1.93 bits per heavy atom. The van der Waals surface area contributed by atoms with Crippen LogP contribution in [-0.2, 0) is 4.79 Å². The number of aryl methyl sites for hydroxylation is 1. The lowest BCUT2D eigenvalue weighted by atomic mass is 9.98. The standard InChI is InChI=1S/C22H21F2N3O2/c1-13-9-18-17(7-8-25-20(18)16-6-4-3-5-15(13)16)21(29)26-11-19(28)27-12-22(23,24)10-14(27)2/h3-9,14H,10-12H2,1-2H3,(H,26,29). The lowest BCUT2D eigenvalue weighted by molar-refractivity contribution is -0.131. The lowest BCUT2D eigenvalue weighted by Gasteiger charge is -2.21. The van der Waals surface area contributed by atoms with E-state index in [1.807, 2.05) is 37.3 Å². The van der Waals surface area contributed by atoms with Gasteiger partial charge in [-0.25, -0.2) is 8.78 Å². The first-order valence-corrected chi connectivity index (χ1v) is 9.49. The fourth-order valence-corrected chi connectivity index (χ4v) is 4.06. The second-order valence-electron chi connectivity index (χ2n) is 7.61. The number of alkyl halides is 2. The Morgan fingerprint density at radius 1 is 1.21 bits per heavy atom. The number of pyridine rings is 1. The van der Waals surface area contributed by atoms with Crippen molar-refractivity contribution >= 4 is 33.5 Å². The quantitative estimate of drug-likeness (QED) is 0.686. The summed E-state index contributed by atoms with van der Waals surface area (Å²) in [6, 6.07) is 10.8. The van der Waals surface area contributed by atoms with Crippen molar-refractivity contribution in [2.45, 2.75) is 32.2 Å². The van der Waals surface area contributed by atoms with Crippen molar-refractivity contribution in [3.63, 3.8) is 0 Å². The Balaban J connectivity index is 1.59. The highest BCUT2D eigenvalue weighted by Gasteiger charge is 2.44. The molecule has 1 fully saturated rings. The Hall–Kier alpha value is -3.09. The molecule has 4 rings (SSSR count). The van der Waals surface area contributed by atoms with Gasteiger partial charge in [0.15, 0.2) is 0 Å². The van der Waals surface area contributed by atoms with Crippen molar-refractivity contribution in [3.8, 4) is 0 Å². The number of amides is 2. The van der Waals surface area contributed by atoms with Crippen LogP contribution >= 0.6 is 0 Å². The number of aromatic nitrogens is 1. The van der Waals surface area contributed by atoms with Gasteiger partial charge in [0, 0.05) is 29.4 Å². The first-order chi connectivity index (χ1) is 13.8. The summed E-state index contributed by atoms with van der Waals surface area (Å²) >= 11 is 0. The molecule has 1 saturated heterocycles. The molecule has 0 bridgehead atoms. The number of halogens is 2. The molecule has 2 amide bonds. The zero-order valence-electron chi connectivity index (χ0n) is 16.2. The van der Waals surface area contributed by atoms with Gasteiger partial charge in [0.2, 0.25) is 5.91 Å². The summed E-state index contributed by atoms with van der Waals surface area (Å²) in [4.78, 5) is 30.7. The largest absolute Gasteiger partial charge is 0.343 e. The minimum Gasteiger partial charge on any atom is -0.343 e. The summed E-state index contributed by atoms with van der Waals surface area (Å²) < 4.78 is 27.0. The van der Waals surface area contributed by atoms with Crippen LogP contribution in [0, 0.1) is 6.92 Å². The molecule has 0 spiro atoms. The summed E-state index contributed by atoms with van der Waals surface area (Å²) in [6.45, 7) is 2.63. The average molecular weight is 397 g/mol. The van der Waals surface area contributed by atoms with E-state index in [0.717, 1.165) is 21.2 Å². The first kappa shape index (κ1) is 19.2. The number of nitrogens with one attached hydrogen (secondary N) is 1. The first-order valence-electron chi connectivity index (χ1n) is 9.49.